The van der Waals surface area contributed by atoms with Gasteiger partial charge in [-0.15, -0.1) is 0 Å². The molecule has 3 nitrogen and oxygen atoms in total. The Kier molecular flexibility index (Phi) is 3.97. The Hall–Kier alpha value is -0.450. The molecule has 1 unspecified atom stereocenters. The molecule has 0 bridgehead atoms. The molecule has 3 rings (SSSR count). The Balaban J connectivity index is 1.55. The number of furan rings is 1. The highest BCUT2D eigenvalue weighted by Crippen LogP contribution is 2.24. The third-order valence-corrected chi connectivity index (χ3v) is 5.06. The van der Waals surface area contributed by atoms with Gasteiger partial charge in [-0.2, -0.15) is 11.8 Å². The molecule has 0 radical (unpaired) electrons. The van der Waals surface area contributed by atoms with Crippen molar-refractivity contribution in [1.29, 1.82) is 0 Å². The lowest BCUT2D eigenvalue weighted by Crippen LogP contribution is -2.31. The molecule has 1 aliphatic carbocycles. The maximum Gasteiger partial charge on any atom is 0.122 e. The van der Waals surface area contributed by atoms with Gasteiger partial charge in [0.1, 0.15) is 5.76 Å². The number of thioether (sulfide) groups is 1. The van der Waals surface area contributed by atoms with Crippen molar-refractivity contribution in [1.82, 2.24) is 10.2 Å². The van der Waals surface area contributed by atoms with Crippen LogP contribution in [0.25, 0.3) is 0 Å². The van der Waals surface area contributed by atoms with E-state index in [-0.39, 0.29) is 0 Å². The first-order valence-corrected chi connectivity index (χ1v) is 8.05. The highest BCUT2D eigenvalue weighted by atomic mass is 32.2. The van der Waals surface area contributed by atoms with Gasteiger partial charge in [0.05, 0.1) is 12.8 Å². The third-order valence-electron chi connectivity index (χ3n) is 3.92. The van der Waals surface area contributed by atoms with E-state index in [4.69, 9.17) is 4.42 Å². The first-order valence-electron chi connectivity index (χ1n) is 6.89. The molecule has 1 aliphatic heterocycles. The smallest absolute Gasteiger partial charge is 0.122 e. The summed E-state index contributed by atoms with van der Waals surface area (Å²) < 4.78 is 5.61. The summed E-state index contributed by atoms with van der Waals surface area (Å²) in [5, 5.41) is 3.53. The minimum absolute atomic E-state index is 0.743. The summed E-state index contributed by atoms with van der Waals surface area (Å²) in [7, 11) is 2.24. The van der Waals surface area contributed by atoms with Crippen LogP contribution in [0, 0.1) is 0 Å². The number of nitrogens with one attached hydrogen (secondary N) is 1. The van der Waals surface area contributed by atoms with Gasteiger partial charge in [-0.05, 0) is 38.1 Å². The lowest BCUT2D eigenvalue weighted by Gasteiger charge is -2.23. The molecule has 1 aromatic rings. The molecule has 2 heterocycles. The van der Waals surface area contributed by atoms with Crippen molar-refractivity contribution in [2.24, 2.45) is 0 Å². The van der Waals surface area contributed by atoms with E-state index >= 15 is 0 Å². The van der Waals surface area contributed by atoms with Crippen LogP contribution in [-0.2, 0) is 13.1 Å². The zero-order chi connectivity index (χ0) is 12.4. The molecule has 4 heteroatoms. The van der Waals surface area contributed by atoms with Gasteiger partial charge < -0.3 is 9.73 Å². The van der Waals surface area contributed by atoms with Crippen LogP contribution in [-0.4, -0.2) is 35.5 Å². The first-order chi connectivity index (χ1) is 8.83. The van der Waals surface area contributed by atoms with Crippen molar-refractivity contribution in [2.75, 3.05) is 18.6 Å². The molecule has 18 heavy (non-hydrogen) atoms. The molecular formula is C14H22N2OS. The van der Waals surface area contributed by atoms with Crippen molar-refractivity contribution in [3.8, 4) is 0 Å². The molecule has 1 N–H and O–H groups in total. The second-order valence-electron chi connectivity index (χ2n) is 5.46. The molecule has 0 amide bonds. The van der Waals surface area contributed by atoms with Crippen LogP contribution in [0.15, 0.2) is 16.7 Å². The monoisotopic (exact) mass is 266 g/mol. The summed E-state index contributed by atoms with van der Waals surface area (Å²) in [4.78, 5) is 2.48. The lowest BCUT2D eigenvalue weighted by atomic mass is 10.2. The molecule has 2 aliphatic rings. The van der Waals surface area contributed by atoms with E-state index in [1.807, 2.05) is 6.26 Å². The lowest BCUT2D eigenvalue weighted by molar-refractivity contribution is 0.252. The Labute approximate surface area is 113 Å². The van der Waals surface area contributed by atoms with Gasteiger partial charge in [0.15, 0.2) is 0 Å². The predicted octanol–water partition coefficient (Wildman–Crippen LogP) is 2.47. The number of rotatable bonds is 6. The van der Waals surface area contributed by atoms with Crippen LogP contribution >= 0.6 is 11.8 Å². The van der Waals surface area contributed by atoms with E-state index in [0.717, 1.165) is 30.9 Å². The van der Waals surface area contributed by atoms with Crippen molar-refractivity contribution in [3.63, 3.8) is 0 Å². The molecule has 1 saturated carbocycles. The van der Waals surface area contributed by atoms with Gasteiger partial charge in [-0.3, -0.25) is 4.90 Å². The van der Waals surface area contributed by atoms with E-state index in [9.17, 15) is 0 Å². The fourth-order valence-corrected chi connectivity index (χ4v) is 3.75. The van der Waals surface area contributed by atoms with Gasteiger partial charge in [0.2, 0.25) is 0 Å². The quantitative estimate of drug-likeness (QED) is 0.856. The minimum atomic E-state index is 0.743. The van der Waals surface area contributed by atoms with E-state index < -0.39 is 0 Å². The summed E-state index contributed by atoms with van der Waals surface area (Å²) in [6.07, 6.45) is 5.82. The van der Waals surface area contributed by atoms with Crippen LogP contribution < -0.4 is 5.32 Å². The Morgan fingerprint density at radius 1 is 1.44 bits per heavy atom. The van der Waals surface area contributed by atoms with Crippen LogP contribution in [0.4, 0.5) is 0 Å². The normalized spacial score (nSPS) is 24.0. The molecule has 100 valence electrons. The maximum absolute atomic E-state index is 5.61. The highest BCUT2D eigenvalue weighted by molar-refractivity contribution is 7.99. The summed E-state index contributed by atoms with van der Waals surface area (Å²) in [5.74, 6) is 3.72. The number of nitrogens with zero attached hydrogens (tertiary/aromatic N) is 1. The Morgan fingerprint density at radius 3 is 3.06 bits per heavy atom. The zero-order valence-electron chi connectivity index (χ0n) is 11.0. The van der Waals surface area contributed by atoms with E-state index in [1.54, 1.807) is 0 Å². The van der Waals surface area contributed by atoms with Crippen molar-refractivity contribution < 1.29 is 4.42 Å². The maximum atomic E-state index is 5.61. The molecule has 2 fully saturated rings. The first kappa shape index (κ1) is 12.6. The fourth-order valence-electron chi connectivity index (χ4n) is 2.45. The van der Waals surface area contributed by atoms with Gasteiger partial charge in [-0.1, -0.05) is 0 Å². The molecule has 0 spiro atoms. The SMILES string of the molecule is CN(Cc1ccoc1CNC1CC1)C1CCSC1. The van der Waals surface area contributed by atoms with Crippen molar-refractivity contribution in [3.05, 3.63) is 23.7 Å². The zero-order valence-corrected chi connectivity index (χ0v) is 11.8. The van der Waals surface area contributed by atoms with E-state index in [1.165, 1.54) is 36.3 Å². The topological polar surface area (TPSA) is 28.4 Å². The molecule has 1 atom stereocenters. The van der Waals surface area contributed by atoms with Crippen LogP contribution in [0.3, 0.4) is 0 Å². The fraction of sp³-hybridized carbons (Fsp3) is 0.714. The summed E-state index contributed by atoms with van der Waals surface area (Å²) in [6, 6.07) is 3.61. The second kappa shape index (κ2) is 5.68. The van der Waals surface area contributed by atoms with Crippen LogP contribution in [0.5, 0.6) is 0 Å². The Bertz CT molecular complexity index is 383. The number of hydrogen-bond donors (Lipinski definition) is 1. The van der Waals surface area contributed by atoms with Gasteiger partial charge >= 0.3 is 0 Å². The third kappa shape index (κ3) is 3.11. The summed E-state index contributed by atoms with van der Waals surface area (Å²) in [5.41, 5.74) is 1.35. The molecule has 0 aromatic carbocycles. The average Bonchev–Trinajstić information content (AvgIpc) is 2.88. The molecule has 1 aromatic heterocycles. The van der Waals surface area contributed by atoms with Gasteiger partial charge in [0, 0.05) is 29.9 Å². The van der Waals surface area contributed by atoms with Crippen molar-refractivity contribution in [2.45, 2.75) is 44.4 Å². The summed E-state index contributed by atoms with van der Waals surface area (Å²) in [6.45, 7) is 1.91. The van der Waals surface area contributed by atoms with Gasteiger partial charge in [0.25, 0.3) is 0 Å². The van der Waals surface area contributed by atoms with Crippen LogP contribution in [0.2, 0.25) is 0 Å². The van der Waals surface area contributed by atoms with E-state index in [0.29, 0.717) is 0 Å². The van der Waals surface area contributed by atoms with Crippen molar-refractivity contribution >= 4 is 11.8 Å². The predicted molar refractivity (Wildman–Crippen MR) is 75.8 cm³/mol. The van der Waals surface area contributed by atoms with E-state index in [2.05, 4.69) is 35.1 Å². The second-order valence-corrected chi connectivity index (χ2v) is 6.61. The largest absolute Gasteiger partial charge is 0.468 e. The average molecular weight is 266 g/mol. The minimum Gasteiger partial charge on any atom is -0.468 e. The highest BCUT2D eigenvalue weighted by Gasteiger charge is 2.23. The molecular weight excluding hydrogens is 244 g/mol. The van der Waals surface area contributed by atoms with Gasteiger partial charge in [-0.25, -0.2) is 0 Å². The summed E-state index contributed by atoms with van der Waals surface area (Å²) >= 11 is 2.07. The molecule has 1 saturated heterocycles. The number of hydrogen-bond acceptors (Lipinski definition) is 4. The van der Waals surface area contributed by atoms with Crippen LogP contribution in [0.1, 0.15) is 30.6 Å². The Morgan fingerprint density at radius 2 is 2.33 bits per heavy atom. The standard InChI is InChI=1S/C14H22N2OS/c1-16(13-5-7-18-10-13)9-11-4-6-17-14(11)8-15-12-2-3-12/h4,6,12-13,15H,2-3,5,7-10H2,1H3.